The molecule has 9 nitrogen and oxygen atoms in total. The molecule has 0 aliphatic carbocycles. The lowest BCUT2D eigenvalue weighted by molar-refractivity contribution is -0.123. The minimum Gasteiger partial charge on any atom is -0.452 e. The topological polar surface area (TPSA) is 123 Å². The normalized spacial score (nSPS) is 10.0. The van der Waals surface area contributed by atoms with E-state index >= 15 is 0 Å². The molecule has 0 bridgehead atoms. The molecule has 142 valence electrons. The molecule has 0 radical (unpaired) electrons. The van der Waals surface area contributed by atoms with Gasteiger partial charge in [0.05, 0.1) is 12.2 Å². The van der Waals surface area contributed by atoms with E-state index in [2.05, 4.69) is 15.4 Å². The highest BCUT2D eigenvalue weighted by atomic mass is 16.6. The highest BCUT2D eigenvalue weighted by Crippen LogP contribution is 2.06. The Morgan fingerprint density at radius 2 is 1.69 bits per heavy atom. The fourth-order valence-electron chi connectivity index (χ4n) is 1.79. The average molecular weight is 365 g/mol. The molecule has 0 fully saturated rings. The molecule has 1 rings (SSSR count). The number of carbonyl (C=O) groups is 4. The van der Waals surface area contributed by atoms with E-state index in [-0.39, 0.29) is 24.2 Å². The summed E-state index contributed by atoms with van der Waals surface area (Å²) in [6.07, 6.45) is -0.896. The van der Waals surface area contributed by atoms with Gasteiger partial charge in [-0.1, -0.05) is 12.1 Å². The van der Waals surface area contributed by atoms with Crippen LogP contribution in [0.5, 0.6) is 0 Å². The Bertz CT molecular complexity index is 642. The van der Waals surface area contributed by atoms with Crippen molar-refractivity contribution in [3.8, 4) is 0 Å². The minimum absolute atomic E-state index is 0.0353. The smallest absolute Gasteiger partial charge is 0.413 e. The van der Waals surface area contributed by atoms with Gasteiger partial charge in [-0.3, -0.25) is 10.1 Å². The Morgan fingerprint density at radius 3 is 2.27 bits per heavy atom. The predicted molar refractivity (Wildman–Crippen MR) is 92.4 cm³/mol. The molecule has 1 aromatic rings. The second kappa shape index (κ2) is 10.7. The summed E-state index contributed by atoms with van der Waals surface area (Å²) < 4.78 is 9.34. The monoisotopic (exact) mass is 365 g/mol. The predicted octanol–water partition coefficient (Wildman–Crippen LogP) is 1.32. The third-order valence-corrected chi connectivity index (χ3v) is 2.91. The standard InChI is InChI=1S/C17H23N3O6/c1-4-25-17(24)20-14(21)10-26-15(22)13-7-5-12(6-8-13)9-18-16(23)19-11(2)3/h5-8,11H,4,9-10H2,1-3H3,(H2,18,19,23)(H,20,21,24). The molecule has 4 amide bonds. The van der Waals surface area contributed by atoms with E-state index in [1.54, 1.807) is 19.1 Å². The first-order valence-electron chi connectivity index (χ1n) is 8.08. The number of hydrogen-bond donors (Lipinski definition) is 3. The van der Waals surface area contributed by atoms with Crippen molar-refractivity contribution in [1.29, 1.82) is 0 Å². The van der Waals surface area contributed by atoms with Crippen LogP contribution in [0, 0.1) is 0 Å². The number of nitrogens with one attached hydrogen (secondary N) is 3. The second-order valence-corrected chi connectivity index (χ2v) is 5.52. The zero-order valence-electron chi connectivity index (χ0n) is 15.0. The summed E-state index contributed by atoms with van der Waals surface area (Å²) in [5.41, 5.74) is 1.03. The second-order valence-electron chi connectivity index (χ2n) is 5.52. The van der Waals surface area contributed by atoms with Crippen LogP contribution >= 0.6 is 0 Å². The largest absolute Gasteiger partial charge is 0.452 e. The lowest BCUT2D eigenvalue weighted by Crippen LogP contribution is -2.39. The molecule has 0 aliphatic heterocycles. The van der Waals surface area contributed by atoms with Crippen molar-refractivity contribution < 1.29 is 28.7 Å². The maximum absolute atomic E-state index is 11.9. The number of carbonyl (C=O) groups excluding carboxylic acids is 4. The highest BCUT2D eigenvalue weighted by molar-refractivity contribution is 5.95. The molecule has 0 saturated carbocycles. The number of benzene rings is 1. The van der Waals surface area contributed by atoms with Gasteiger partial charge in [0.25, 0.3) is 5.91 Å². The van der Waals surface area contributed by atoms with Gasteiger partial charge < -0.3 is 20.1 Å². The van der Waals surface area contributed by atoms with Crippen LogP contribution < -0.4 is 16.0 Å². The molecule has 0 spiro atoms. The number of ether oxygens (including phenoxy) is 2. The first-order chi connectivity index (χ1) is 12.3. The van der Waals surface area contributed by atoms with Gasteiger partial charge in [0.15, 0.2) is 6.61 Å². The van der Waals surface area contributed by atoms with E-state index in [0.29, 0.717) is 6.54 Å². The number of esters is 1. The summed E-state index contributed by atoms with van der Waals surface area (Å²) in [5, 5.41) is 7.29. The maximum Gasteiger partial charge on any atom is 0.413 e. The summed E-state index contributed by atoms with van der Waals surface area (Å²) in [5.74, 6) is -1.49. The van der Waals surface area contributed by atoms with Crippen molar-refractivity contribution >= 4 is 24.0 Å². The maximum atomic E-state index is 11.9. The van der Waals surface area contributed by atoms with Gasteiger partial charge in [-0.15, -0.1) is 0 Å². The van der Waals surface area contributed by atoms with Crippen molar-refractivity contribution in [1.82, 2.24) is 16.0 Å². The van der Waals surface area contributed by atoms with Crippen molar-refractivity contribution in [2.24, 2.45) is 0 Å². The van der Waals surface area contributed by atoms with Crippen LogP contribution in [0.2, 0.25) is 0 Å². The summed E-state index contributed by atoms with van der Waals surface area (Å²) in [6.45, 7) is 5.13. The lowest BCUT2D eigenvalue weighted by Gasteiger charge is -2.10. The quantitative estimate of drug-likeness (QED) is 0.626. The Kier molecular flexibility index (Phi) is 8.62. The van der Waals surface area contributed by atoms with Gasteiger partial charge in [-0.2, -0.15) is 0 Å². The molecular formula is C17H23N3O6. The Labute approximate surface area is 151 Å². The van der Waals surface area contributed by atoms with E-state index in [1.807, 2.05) is 19.2 Å². The number of urea groups is 1. The van der Waals surface area contributed by atoms with E-state index in [1.165, 1.54) is 12.1 Å². The van der Waals surface area contributed by atoms with E-state index in [4.69, 9.17) is 4.74 Å². The summed E-state index contributed by atoms with van der Waals surface area (Å²) in [6, 6.07) is 6.10. The van der Waals surface area contributed by atoms with E-state index < -0.39 is 24.6 Å². The van der Waals surface area contributed by atoms with Crippen molar-refractivity contribution in [3.05, 3.63) is 35.4 Å². The third kappa shape index (κ3) is 8.13. The van der Waals surface area contributed by atoms with Crippen molar-refractivity contribution in [3.63, 3.8) is 0 Å². The number of hydrogen-bond acceptors (Lipinski definition) is 6. The first-order valence-corrected chi connectivity index (χ1v) is 8.08. The van der Waals surface area contributed by atoms with Gasteiger partial charge in [0, 0.05) is 12.6 Å². The SMILES string of the molecule is CCOC(=O)NC(=O)COC(=O)c1ccc(CNC(=O)NC(C)C)cc1. The highest BCUT2D eigenvalue weighted by Gasteiger charge is 2.13. The molecule has 0 saturated heterocycles. The van der Waals surface area contributed by atoms with Crippen LogP contribution in [0.15, 0.2) is 24.3 Å². The van der Waals surface area contributed by atoms with E-state index in [9.17, 15) is 19.2 Å². The van der Waals surface area contributed by atoms with Gasteiger partial charge in [-0.25, -0.2) is 14.4 Å². The fourth-order valence-corrected chi connectivity index (χ4v) is 1.79. The zero-order chi connectivity index (χ0) is 19.5. The van der Waals surface area contributed by atoms with Crippen molar-refractivity contribution in [2.45, 2.75) is 33.4 Å². The van der Waals surface area contributed by atoms with Gasteiger partial charge >= 0.3 is 18.1 Å². The summed E-state index contributed by atoms with van der Waals surface area (Å²) in [4.78, 5) is 45.8. The number of amides is 4. The van der Waals surface area contributed by atoms with Crippen molar-refractivity contribution in [2.75, 3.05) is 13.2 Å². The summed E-state index contributed by atoms with van der Waals surface area (Å²) in [7, 11) is 0. The number of imide groups is 1. The number of alkyl carbamates (subject to hydrolysis) is 1. The molecule has 0 aliphatic rings. The molecule has 0 unspecified atom stereocenters. The molecule has 26 heavy (non-hydrogen) atoms. The molecule has 0 atom stereocenters. The van der Waals surface area contributed by atoms with Crippen LogP contribution in [0.25, 0.3) is 0 Å². The number of rotatable bonds is 7. The van der Waals surface area contributed by atoms with Crippen LogP contribution in [0.4, 0.5) is 9.59 Å². The first kappa shape index (κ1) is 20.9. The van der Waals surface area contributed by atoms with Crippen LogP contribution in [-0.4, -0.2) is 43.3 Å². The zero-order valence-corrected chi connectivity index (χ0v) is 15.0. The van der Waals surface area contributed by atoms with E-state index in [0.717, 1.165) is 5.56 Å². The van der Waals surface area contributed by atoms with Crippen LogP contribution in [0.1, 0.15) is 36.7 Å². The van der Waals surface area contributed by atoms with Gasteiger partial charge in [-0.05, 0) is 38.5 Å². The molecule has 0 heterocycles. The van der Waals surface area contributed by atoms with Crippen LogP contribution in [-0.2, 0) is 20.8 Å². The molecule has 0 aromatic heterocycles. The molecule has 9 heteroatoms. The fraction of sp³-hybridized carbons (Fsp3) is 0.412. The Balaban J connectivity index is 2.42. The molecule has 1 aromatic carbocycles. The van der Waals surface area contributed by atoms with Crippen LogP contribution in [0.3, 0.4) is 0 Å². The Hall–Kier alpha value is -3.10. The lowest BCUT2D eigenvalue weighted by atomic mass is 10.1. The third-order valence-electron chi connectivity index (χ3n) is 2.91. The molecular weight excluding hydrogens is 342 g/mol. The minimum atomic E-state index is -0.896. The van der Waals surface area contributed by atoms with Gasteiger partial charge in [0.1, 0.15) is 0 Å². The van der Waals surface area contributed by atoms with Gasteiger partial charge in [0.2, 0.25) is 0 Å². The summed E-state index contributed by atoms with van der Waals surface area (Å²) >= 11 is 0. The molecule has 3 N–H and O–H groups in total. The Morgan fingerprint density at radius 1 is 1.04 bits per heavy atom. The average Bonchev–Trinajstić information content (AvgIpc) is 2.58.